The average Bonchev–Trinajstić information content (AvgIpc) is 3.32. The largest absolute Gasteiger partial charge is 0.478 e. The van der Waals surface area contributed by atoms with E-state index in [1.54, 1.807) is 35.2 Å². The van der Waals surface area contributed by atoms with Gasteiger partial charge in [-0.25, -0.2) is 4.79 Å². The number of rotatable bonds is 5. The lowest BCUT2D eigenvalue weighted by molar-refractivity contribution is -0.126. The Hall–Kier alpha value is -3.55. The quantitative estimate of drug-likeness (QED) is 0.817. The van der Waals surface area contributed by atoms with Gasteiger partial charge in [-0.05, 0) is 29.8 Å². The highest BCUT2D eigenvalue weighted by atomic mass is 16.7. The van der Waals surface area contributed by atoms with Crippen LogP contribution in [0.25, 0.3) is 0 Å². The van der Waals surface area contributed by atoms with Crippen molar-refractivity contribution >= 4 is 23.5 Å². The molecule has 0 bridgehead atoms. The summed E-state index contributed by atoms with van der Waals surface area (Å²) in [6.07, 6.45) is 0.120. The predicted molar refractivity (Wildman–Crippen MR) is 98.3 cm³/mol. The molecule has 8 heteroatoms. The van der Waals surface area contributed by atoms with Crippen LogP contribution in [0, 0.1) is 5.92 Å². The molecule has 0 radical (unpaired) electrons. The smallest absolute Gasteiger partial charge is 0.335 e. The number of hydrogen-bond acceptors (Lipinski definition) is 5. The first kappa shape index (κ1) is 17.8. The Morgan fingerprint density at radius 1 is 1.14 bits per heavy atom. The van der Waals surface area contributed by atoms with Gasteiger partial charge in [-0.2, -0.15) is 0 Å². The number of carbonyl (C=O) groups excluding carboxylic acids is 2. The highest BCUT2D eigenvalue weighted by Crippen LogP contribution is 2.37. The zero-order valence-corrected chi connectivity index (χ0v) is 14.9. The van der Waals surface area contributed by atoms with Gasteiger partial charge in [0.1, 0.15) is 0 Å². The van der Waals surface area contributed by atoms with Crippen molar-refractivity contribution < 1.29 is 29.0 Å². The van der Waals surface area contributed by atoms with Crippen molar-refractivity contribution in [2.24, 2.45) is 5.92 Å². The molecule has 1 atom stereocenters. The zero-order chi connectivity index (χ0) is 19.7. The van der Waals surface area contributed by atoms with Crippen molar-refractivity contribution in [1.29, 1.82) is 0 Å². The van der Waals surface area contributed by atoms with E-state index in [4.69, 9.17) is 14.6 Å². The van der Waals surface area contributed by atoms with E-state index in [0.717, 1.165) is 0 Å². The minimum Gasteiger partial charge on any atom is -0.478 e. The number of carboxylic acid groups (broad SMARTS) is 1. The van der Waals surface area contributed by atoms with E-state index in [9.17, 15) is 14.4 Å². The molecule has 1 unspecified atom stereocenters. The van der Waals surface area contributed by atoms with Gasteiger partial charge in [-0.1, -0.05) is 12.1 Å². The van der Waals surface area contributed by atoms with Crippen molar-refractivity contribution in [3.8, 4) is 11.5 Å². The fourth-order valence-corrected chi connectivity index (χ4v) is 3.33. The maximum atomic E-state index is 12.5. The van der Waals surface area contributed by atoms with E-state index < -0.39 is 11.9 Å². The van der Waals surface area contributed by atoms with E-state index in [1.807, 2.05) is 0 Å². The molecule has 28 heavy (non-hydrogen) atoms. The van der Waals surface area contributed by atoms with Crippen molar-refractivity contribution in [2.75, 3.05) is 18.2 Å². The van der Waals surface area contributed by atoms with Crippen LogP contribution in [-0.2, 0) is 16.1 Å². The predicted octanol–water partition coefficient (Wildman–Crippen LogP) is 1.78. The molecule has 8 nitrogen and oxygen atoms in total. The first-order chi connectivity index (χ1) is 13.5. The third kappa shape index (κ3) is 3.48. The molecule has 2 N–H and O–H groups in total. The molecular weight excluding hydrogens is 364 g/mol. The number of ether oxygens (including phenoxy) is 2. The van der Waals surface area contributed by atoms with E-state index >= 15 is 0 Å². The number of amides is 2. The fraction of sp³-hybridized carbons (Fsp3) is 0.250. The Morgan fingerprint density at radius 3 is 2.79 bits per heavy atom. The number of anilines is 1. The molecule has 4 rings (SSSR count). The molecule has 1 fully saturated rings. The van der Waals surface area contributed by atoms with Crippen LogP contribution in [0.5, 0.6) is 11.5 Å². The minimum absolute atomic E-state index is 0.120. The normalized spacial score (nSPS) is 17.6. The van der Waals surface area contributed by atoms with Gasteiger partial charge in [-0.3, -0.25) is 9.59 Å². The lowest BCUT2D eigenvalue weighted by Crippen LogP contribution is -2.32. The topological polar surface area (TPSA) is 105 Å². The third-order valence-corrected chi connectivity index (χ3v) is 4.80. The second-order valence-electron chi connectivity index (χ2n) is 6.67. The first-order valence-corrected chi connectivity index (χ1v) is 8.81. The number of nitrogens with zero attached hydrogens (tertiary/aromatic N) is 1. The summed E-state index contributed by atoms with van der Waals surface area (Å²) < 4.78 is 10.6. The summed E-state index contributed by atoms with van der Waals surface area (Å²) >= 11 is 0. The number of carboxylic acids is 1. The zero-order valence-electron chi connectivity index (χ0n) is 14.9. The number of hydrogen-bond donors (Lipinski definition) is 2. The summed E-state index contributed by atoms with van der Waals surface area (Å²) in [6.45, 7) is 0.634. The number of carbonyl (C=O) groups is 3. The van der Waals surface area contributed by atoms with Gasteiger partial charge >= 0.3 is 5.97 Å². The Labute approximate surface area is 160 Å². The number of aromatic carboxylic acids is 1. The lowest BCUT2D eigenvalue weighted by atomic mass is 10.1. The minimum atomic E-state index is -1.02. The molecule has 1 saturated heterocycles. The third-order valence-electron chi connectivity index (χ3n) is 4.80. The summed E-state index contributed by atoms with van der Waals surface area (Å²) in [7, 11) is 0. The van der Waals surface area contributed by atoms with Gasteiger partial charge < -0.3 is 24.8 Å². The van der Waals surface area contributed by atoms with Gasteiger partial charge in [0.25, 0.3) is 0 Å². The molecule has 2 aromatic rings. The highest BCUT2D eigenvalue weighted by molar-refractivity contribution is 6.00. The van der Waals surface area contributed by atoms with Gasteiger partial charge in [-0.15, -0.1) is 0 Å². The molecule has 0 aromatic heterocycles. The van der Waals surface area contributed by atoms with Crippen LogP contribution in [-0.4, -0.2) is 36.2 Å². The lowest BCUT2D eigenvalue weighted by Gasteiger charge is -2.17. The first-order valence-electron chi connectivity index (χ1n) is 8.81. The number of benzene rings is 2. The maximum absolute atomic E-state index is 12.5. The van der Waals surface area contributed by atoms with Crippen molar-refractivity contribution in [2.45, 2.75) is 13.0 Å². The summed E-state index contributed by atoms with van der Waals surface area (Å²) in [5.74, 6) is -0.650. The standard InChI is InChI=1S/C20H18N2O6/c23-18-7-14(10-22(18)15-4-5-16-17(8-15)28-11-27-16)19(24)21-9-12-2-1-3-13(6-12)20(25)26/h1-6,8,14H,7,9-11H2,(H,21,24)(H,25,26). The number of fused-ring (bicyclic) bond motifs is 1. The molecule has 2 aliphatic heterocycles. The molecule has 0 aliphatic carbocycles. The monoisotopic (exact) mass is 382 g/mol. The SMILES string of the molecule is O=C(O)c1cccc(CNC(=O)C2CC(=O)N(c3ccc4c(c3)OCO4)C2)c1. The molecule has 2 aliphatic rings. The van der Waals surface area contributed by atoms with E-state index in [2.05, 4.69) is 5.32 Å². The van der Waals surface area contributed by atoms with Crippen molar-refractivity contribution in [1.82, 2.24) is 5.32 Å². The van der Waals surface area contributed by atoms with Crippen LogP contribution in [0.4, 0.5) is 5.69 Å². The summed E-state index contributed by atoms with van der Waals surface area (Å²) in [4.78, 5) is 37.5. The van der Waals surface area contributed by atoms with Crippen molar-refractivity contribution in [3.05, 3.63) is 53.6 Å². The fourth-order valence-electron chi connectivity index (χ4n) is 3.33. The van der Waals surface area contributed by atoms with Gasteiger partial charge in [0.15, 0.2) is 11.5 Å². The van der Waals surface area contributed by atoms with Gasteiger partial charge in [0, 0.05) is 31.3 Å². The summed E-state index contributed by atoms with van der Waals surface area (Å²) in [5, 5.41) is 11.8. The highest BCUT2D eigenvalue weighted by Gasteiger charge is 2.35. The van der Waals surface area contributed by atoms with E-state index in [-0.39, 0.29) is 43.7 Å². The maximum Gasteiger partial charge on any atom is 0.335 e. The molecule has 2 aromatic carbocycles. The van der Waals surface area contributed by atoms with E-state index in [0.29, 0.717) is 22.7 Å². The van der Waals surface area contributed by atoms with Crippen LogP contribution in [0.3, 0.4) is 0 Å². The Morgan fingerprint density at radius 2 is 1.96 bits per heavy atom. The van der Waals surface area contributed by atoms with Crippen molar-refractivity contribution in [3.63, 3.8) is 0 Å². The van der Waals surface area contributed by atoms with Crippen LogP contribution in [0.1, 0.15) is 22.3 Å². The van der Waals surface area contributed by atoms with Gasteiger partial charge in [0.2, 0.25) is 18.6 Å². The van der Waals surface area contributed by atoms with E-state index in [1.165, 1.54) is 12.1 Å². The Balaban J connectivity index is 1.39. The molecule has 0 spiro atoms. The number of nitrogens with one attached hydrogen (secondary N) is 1. The molecule has 0 saturated carbocycles. The Bertz CT molecular complexity index is 957. The Kier molecular flexibility index (Phi) is 4.60. The molecule has 144 valence electrons. The molecule has 2 heterocycles. The summed E-state index contributed by atoms with van der Waals surface area (Å²) in [5.41, 5.74) is 1.51. The second kappa shape index (κ2) is 7.22. The summed E-state index contributed by atoms with van der Waals surface area (Å²) in [6, 6.07) is 11.6. The van der Waals surface area contributed by atoms with Crippen LogP contribution in [0.2, 0.25) is 0 Å². The van der Waals surface area contributed by atoms with Gasteiger partial charge in [0.05, 0.1) is 11.5 Å². The van der Waals surface area contributed by atoms with Crippen LogP contribution < -0.4 is 19.7 Å². The van der Waals surface area contributed by atoms with Crippen LogP contribution in [0.15, 0.2) is 42.5 Å². The molecule has 2 amide bonds. The second-order valence-corrected chi connectivity index (χ2v) is 6.67. The van der Waals surface area contributed by atoms with Crippen LogP contribution >= 0.6 is 0 Å². The average molecular weight is 382 g/mol. The molecular formula is C20H18N2O6.